The zero-order valence-electron chi connectivity index (χ0n) is 17.6. The highest BCUT2D eigenvalue weighted by Crippen LogP contribution is 2.31. The lowest BCUT2D eigenvalue weighted by Crippen LogP contribution is -2.30. The van der Waals surface area contributed by atoms with Crippen molar-refractivity contribution in [3.8, 4) is 0 Å². The molecule has 30 heavy (non-hydrogen) atoms. The Hall–Kier alpha value is -2.55. The molecule has 0 spiro atoms. The van der Waals surface area contributed by atoms with Gasteiger partial charge >= 0.3 is 6.18 Å². The zero-order chi connectivity index (χ0) is 22.3. The summed E-state index contributed by atoms with van der Waals surface area (Å²) in [5, 5.41) is 0. The molecular weight excluding hydrogens is 397 g/mol. The summed E-state index contributed by atoms with van der Waals surface area (Å²) in [7, 11) is 1.87. The van der Waals surface area contributed by atoms with Crippen molar-refractivity contribution >= 4 is 11.6 Å². The first-order chi connectivity index (χ1) is 13.9. The minimum Gasteiger partial charge on any atom is -0.398 e. The first-order valence-electron chi connectivity index (χ1n) is 9.82. The molecule has 1 fully saturated rings. The van der Waals surface area contributed by atoms with E-state index < -0.39 is 17.6 Å². The summed E-state index contributed by atoms with van der Waals surface area (Å²) in [6.45, 7) is 7.30. The predicted molar refractivity (Wildman–Crippen MR) is 107 cm³/mol. The number of halogens is 3. The van der Waals surface area contributed by atoms with Gasteiger partial charge in [-0.05, 0) is 31.0 Å². The number of nitrogens with two attached hydrogens (primary N) is 1. The molecule has 2 aromatic rings. The van der Waals surface area contributed by atoms with Gasteiger partial charge in [0.2, 0.25) is 0 Å². The van der Waals surface area contributed by atoms with E-state index >= 15 is 0 Å². The molecule has 1 amide bonds. The molecule has 1 aromatic carbocycles. The number of ether oxygens (including phenoxy) is 1. The van der Waals surface area contributed by atoms with Crippen LogP contribution in [0, 0.1) is 0 Å². The van der Waals surface area contributed by atoms with E-state index in [1.165, 1.54) is 0 Å². The summed E-state index contributed by atoms with van der Waals surface area (Å²) >= 11 is 0. The molecule has 1 saturated heterocycles. The largest absolute Gasteiger partial charge is 0.416 e. The topological polar surface area (TPSA) is 74.5 Å². The molecule has 6 nitrogen and oxygen atoms in total. The van der Waals surface area contributed by atoms with Gasteiger partial charge in [0.1, 0.15) is 0 Å². The van der Waals surface area contributed by atoms with Crippen LogP contribution < -0.4 is 11.2 Å². The van der Waals surface area contributed by atoms with Crippen LogP contribution in [0.1, 0.15) is 55.2 Å². The second-order valence-corrected chi connectivity index (χ2v) is 8.60. The Morgan fingerprint density at radius 1 is 1.27 bits per heavy atom. The highest BCUT2D eigenvalue weighted by atomic mass is 19.4. The average molecular weight is 424 g/mol. The number of nitrogen functional groups attached to an aromatic ring is 1. The second kappa shape index (κ2) is 7.94. The smallest absolute Gasteiger partial charge is 0.398 e. The fourth-order valence-corrected chi connectivity index (χ4v) is 3.65. The van der Waals surface area contributed by atoms with E-state index in [1.807, 2.05) is 37.2 Å². The van der Waals surface area contributed by atoms with Crippen LogP contribution in [0.25, 0.3) is 0 Å². The molecule has 1 aliphatic heterocycles. The monoisotopic (exact) mass is 424 g/mol. The maximum atomic E-state index is 13.1. The third-order valence-corrected chi connectivity index (χ3v) is 5.24. The summed E-state index contributed by atoms with van der Waals surface area (Å²) < 4.78 is 48.7. The van der Waals surface area contributed by atoms with Crippen LogP contribution in [0.15, 0.2) is 29.3 Å². The summed E-state index contributed by atoms with van der Waals surface area (Å²) in [4.78, 5) is 17.0. The van der Waals surface area contributed by atoms with Crippen molar-refractivity contribution in [3.63, 3.8) is 0 Å². The van der Waals surface area contributed by atoms with E-state index in [4.69, 9.17) is 10.5 Å². The van der Waals surface area contributed by atoms with Crippen LogP contribution in [0.3, 0.4) is 0 Å². The summed E-state index contributed by atoms with van der Waals surface area (Å²) in [6, 6.07) is 4.47. The average Bonchev–Trinajstić information content (AvgIpc) is 3.24. The minimum absolute atomic E-state index is 0.000836. The number of hydrogen-bond acceptors (Lipinski definition) is 3. The third kappa shape index (κ3) is 4.61. The lowest BCUT2D eigenvalue weighted by atomic mass is 9.92. The number of hydrogen-bond donors (Lipinski definition) is 1. The maximum Gasteiger partial charge on any atom is 0.416 e. The third-order valence-electron chi connectivity index (χ3n) is 5.24. The minimum atomic E-state index is -4.57. The number of aromatic nitrogens is 2. The molecule has 9 heteroatoms. The number of carbonyl (C=O) groups excluding carboxylic acids is 1. The molecule has 1 aromatic heterocycles. The van der Waals surface area contributed by atoms with Crippen molar-refractivity contribution in [1.82, 2.24) is 9.36 Å². The fraction of sp³-hybridized carbons (Fsp3) is 0.524. The first kappa shape index (κ1) is 22.1. The lowest BCUT2D eigenvalue weighted by Gasteiger charge is -2.21. The number of alkyl halides is 3. The van der Waals surface area contributed by atoms with Crippen LogP contribution in [0.5, 0.6) is 0 Å². The number of anilines is 1. The van der Waals surface area contributed by atoms with Gasteiger partial charge in [0.05, 0.1) is 23.8 Å². The molecule has 0 radical (unpaired) electrons. The van der Waals surface area contributed by atoms with Gasteiger partial charge in [0, 0.05) is 36.5 Å². The van der Waals surface area contributed by atoms with Crippen LogP contribution in [0.2, 0.25) is 0 Å². The number of amides is 1. The van der Waals surface area contributed by atoms with Crippen LogP contribution in [0.4, 0.5) is 18.9 Å². The Kier molecular flexibility index (Phi) is 5.86. The standard InChI is InChI=1S/C21H27F3N4O2/c1-20(2,3)17-11-18(28(27(17)4)12-14-6-5-9-30-14)26-19(29)15-10-13(21(22,23)24)7-8-16(15)25/h7-8,10-11,14H,5-6,9,12,25H2,1-4H3/t14-/m1/s1. The molecule has 1 aliphatic rings. The van der Waals surface area contributed by atoms with Crippen molar-refractivity contribution in [2.24, 2.45) is 12.0 Å². The molecule has 1 atom stereocenters. The van der Waals surface area contributed by atoms with Gasteiger partial charge in [-0.1, -0.05) is 20.8 Å². The van der Waals surface area contributed by atoms with Crippen LogP contribution >= 0.6 is 0 Å². The predicted octanol–water partition coefficient (Wildman–Crippen LogP) is 3.65. The highest BCUT2D eigenvalue weighted by Gasteiger charge is 2.31. The number of benzene rings is 1. The Balaban J connectivity index is 2.08. The van der Waals surface area contributed by atoms with E-state index in [1.54, 1.807) is 6.07 Å². The molecule has 2 heterocycles. The summed E-state index contributed by atoms with van der Waals surface area (Å²) in [5.41, 5.74) is 5.60. The number of nitrogens with zero attached hydrogens (tertiary/aromatic N) is 3. The number of carbonyl (C=O) groups is 1. The Bertz CT molecular complexity index is 1010. The highest BCUT2D eigenvalue weighted by molar-refractivity contribution is 5.99. The molecule has 0 aliphatic carbocycles. The normalized spacial score (nSPS) is 18.2. The molecule has 3 rings (SSSR count). The van der Waals surface area contributed by atoms with Gasteiger partial charge in [-0.25, -0.2) is 0 Å². The quantitative estimate of drug-likeness (QED) is 0.765. The van der Waals surface area contributed by atoms with Crippen molar-refractivity contribution < 1.29 is 22.7 Å². The molecule has 0 bridgehead atoms. The van der Waals surface area contributed by atoms with Gasteiger partial charge in [-0.3, -0.25) is 14.2 Å². The van der Waals surface area contributed by atoms with Gasteiger partial charge in [0.25, 0.3) is 5.91 Å². The van der Waals surface area contributed by atoms with Crippen LogP contribution in [-0.2, 0) is 29.9 Å². The van der Waals surface area contributed by atoms with Gasteiger partial charge < -0.3 is 10.5 Å². The lowest BCUT2D eigenvalue weighted by molar-refractivity contribution is -0.137. The van der Waals surface area contributed by atoms with Gasteiger partial charge in [-0.15, -0.1) is 0 Å². The summed E-state index contributed by atoms with van der Waals surface area (Å²) in [5.74, 6) is -0.814. The Labute approximate surface area is 173 Å². The first-order valence-corrected chi connectivity index (χ1v) is 9.82. The second-order valence-electron chi connectivity index (χ2n) is 8.60. The Morgan fingerprint density at radius 3 is 2.53 bits per heavy atom. The van der Waals surface area contributed by atoms with Gasteiger partial charge in [-0.2, -0.15) is 18.2 Å². The van der Waals surface area contributed by atoms with E-state index in [0.717, 1.165) is 36.7 Å². The zero-order valence-corrected chi connectivity index (χ0v) is 17.6. The maximum absolute atomic E-state index is 13.1. The molecule has 164 valence electrons. The van der Waals surface area contributed by atoms with Crippen molar-refractivity contribution in [2.45, 2.75) is 57.9 Å². The number of rotatable bonds is 3. The van der Waals surface area contributed by atoms with E-state index in [0.29, 0.717) is 18.6 Å². The molecule has 2 N–H and O–H groups in total. The van der Waals surface area contributed by atoms with Crippen molar-refractivity contribution in [2.75, 3.05) is 12.3 Å². The van der Waals surface area contributed by atoms with Crippen molar-refractivity contribution in [3.05, 3.63) is 46.6 Å². The van der Waals surface area contributed by atoms with Crippen LogP contribution in [-0.4, -0.2) is 28.0 Å². The SMILES string of the molecule is Cn1c(C(C)(C)C)cc(=NC(=O)c2cc(C(F)(F)F)ccc2N)n1C[C@H]1CCCO1. The molecule has 0 saturated carbocycles. The molecule has 0 unspecified atom stereocenters. The summed E-state index contributed by atoms with van der Waals surface area (Å²) in [6.07, 6.45) is -2.71. The van der Waals surface area contributed by atoms with Crippen molar-refractivity contribution in [1.29, 1.82) is 0 Å². The van der Waals surface area contributed by atoms with E-state index in [-0.39, 0.29) is 22.8 Å². The van der Waals surface area contributed by atoms with E-state index in [9.17, 15) is 18.0 Å². The molecular formula is C21H27F3N4O2. The fourth-order valence-electron chi connectivity index (χ4n) is 3.65. The van der Waals surface area contributed by atoms with Gasteiger partial charge in [0.15, 0.2) is 5.49 Å². The Morgan fingerprint density at radius 2 is 1.97 bits per heavy atom. The van der Waals surface area contributed by atoms with E-state index in [2.05, 4.69) is 4.99 Å².